The van der Waals surface area contributed by atoms with Crippen molar-refractivity contribution >= 4 is 5.78 Å². The lowest BCUT2D eigenvalue weighted by atomic mass is 9.93. The van der Waals surface area contributed by atoms with Crippen LogP contribution in [-0.2, 0) is 11.3 Å². The molecular weight excluding hydrogens is 210 g/mol. The van der Waals surface area contributed by atoms with Crippen molar-refractivity contribution in [2.45, 2.75) is 45.2 Å². The molecule has 0 N–H and O–H groups in total. The van der Waals surface area contributed by atoms with Crippen LogP contribution < -0.4 is 0 Å². The monoisotopic (exact) mass is 231 g/mol. The average molecular weight is 231 g/mol. The number of hydrogen-bond donors (Lipinski definition) is 0. The molecule has 2 rings (SSSR count). The molecule has 0 aromatic heterocycles. The number of likely N-dealkylation sites (N-methyl/N-ethyl adjacent to an activating group) is 1. The molecule has 1 aliphatic carbocycles. The Morgan fingerprint density at radius 2 is 2.18 bits per heavy atom. The second-order valence-electron chi connectivity index (χ2n) is 5.13. The molecule has 1 unspecified atom stereocenters. The molecule has 17 heavy (non-hydrogen) atoms. The van der Waals surface area contributed by atoms with E-state index >= 15 is 0 Å². The van der Waals surface area contributed by atoms with Gasteiger partial charge < -0.3 is 0 Å². The lowest BCUT2D eigenvalue weighted by Gasteiger charge is -2.29. The van der Waals surface area contributed by atoms with Crippen molar-refractivity contribution in [1.82, 2.24) is 4.90 Å². The predicted molar refractivity (Wildman–Crippen MR) is 69.9 cm³/mol. The summed E-state index contributed by atoms with van der Waals surface area (Å²) in [5.41, 5.74) is 2.58. The number of hydrogen-bond acceptors (Lipinski definition) is 2. The maximum atomic E-state index is 11.9. The first kappa shape index (κ1) is 12.3. The summed E-state index contributed by atoms with van der Waals surface area (Å²) < 4.78 is 0. The molecule has 0 aliphatic heterocycles. The Labute approximate surface area is 104 Å². The molecule has 0 amide bonds. The fourth-order valence-corrected chi connectivity index (χ4v) is 2.64. The van der Waals surface area contributed by atoms with Crippen LogP contribution in [0.15, 0.2) is 24.3 Å². The van der Waals surface area contributed by atoms with Crippen LogP contribution in [0.3, 0.4) is 0 Å². The van der Waals surface area contributed by atoms with Crippen molar-refractivity contribution in [3.05, 3.63) is 35.4 Å². The van der Waals surface area contributed by atoms with Gasteiger partial charge in [-0.15, -0.1) is 0 Å². The van der Waals surface area contributed by atoms with E-state index in [4.69, 9.17) is 0 Å². The molecule has 0 bridgehead atoms. The van der Waals surface area contributed by atoms with Crippen molar-refractivity contribution < 1.29 is 4.79 Å². The lowest BCUT2D eigenvalue weighted by molar-refractivity contribution is -0.125. The highest BCUT2D eigenvalue weighted by atomic mass is 16.1. The summed E-state index contributed by atoms with van der Waals surface area (Å²) in [7, 11) is 2.07. The summed E-state index contributed by atoms with van der Waals surface area (Å²) in [5, 5.41) is 0. The van der Waals surface area contributed by atoms with Crippen LogP contribution >= 0.6 is 0 Å². The highest BCUT2D eigenvalue weighted by molar-refractivity contribution is 5.84. The number of ketones is 1. The van der Waals surface area contributed by atoms with Crippen LogP contribution in [0, 0.1) is 6.92 Å². The first-order valence-corrected chi connectivity index (χ1v) is 6.45. The minimum absolute atomic E-state index is 0.143. The van der Waals surface area contributed by atoms with Gasteiger partial charge in [-0.05, 0) is 32.4 Å². The van der Waals surface area contributed by atoms with Crippen molar-refractivity contribution in [2.75, 3.05) is 7.05 Å². The van der Waals surface area contributed by atoms with Crippen LogP contribution in [0.25, 0.3) is 0 Å². The van der Waals surface area contributed by atoms with Gasteiger partial charge in [-0.3, -0.25) is 9.69 Å². The van der Waals surface area contributed by atoms with Crippen LogP contribution in [0.5, 0.6) is 0 Å². The highest BCUT2D eigenvalue weighted by Gasteiger charge is 2.25. The molecule has 1 saturated carbocycles. The van der Waals surface area contributed by atoms with E-state index in [1.165, 1.54) is 17.5 Å². The molecule has 0 radical (unpaired) electrons. The van der Waals surface area contributed by atoms with Gasteiger partial charge in [-0.2, -0.15) is 0 Å². The average Bonchev–Trinajstić information content (AvgIpc) is 2.29. The molecule has 1 fully saturated rings. The number of aryl methyl sites for hydroxylation is 1. The number of benzene rings is 1. The third-order valence-corrected chi connectivity index (χ3v) is 3.57. The van der Waals surface area contributed by atoms with Crippen LogP contribution in [-0.4, -0.2) is 23.8 Å². The zero-order valence-corrected chi connectivity index (χ0v) is 10.8. The van der Waals surface area contributed by atoms with Crippen LogP contribution in [0.4, 0.5) is 0 Å². The minimum Gasteiger partial charge on any atom is -0.298 e. The zero-order valence-electron chi connectivity index (χ0n) is 10.8. The molecule has 1 atom stereocenters. The Morgan fingerprint density at radius 1 is 1.35 bits per heavy atom. The standard InChI is InChI=1S/C15H21NO/c1-12-6-5-7-13(10-12)11-16(2)14-8-3-4-9-15(14)17/h5-7,10,14H,3-4,8-9,11H2,1-2H3. The summed E-state index contributed by atoms with van der Waals surface area (Å²) in [6.45, 7) is 2.98. The molecule has 92 valence electrons. The van der Waals surface area contributed by atoms with E-state index < -0.39 is 0 Å². The zero-order chi connectivity index (χ0) is 12.3. The SMILES string of the molecule is Cc1cccc(CN(C)C2CCCCC2=O)c1. The Hall–Kier alpha value is -1.15. The van der Waals surface area contributed by atoms with Crippen molar-refractivity contribution in [3.63, 3.8) is 0 Å². The minimum atomic E-state index is 0.143. The quantitative estimate of drug-likeness (QED) is 0.797. The van der Waals surface area contributed by atoms with Crippen molar-refractivity contribution in [2.24, 2.45) is 0 Å². The van der Waals surface area contributed by atoms with Gasteiger partial charge in [-0.25, -0.2) is 0 Å². The summed E-state index contributed by atoms with van der Waals surface area (Å²) in [4.78, 5) is 14.1. The molecule has 1 aromatic rings. The Kier molecular flexibility index (Phi) is 3.95. The number of Topliss-reactive ketones (excluding diaryl/α,β-unsaturated/α-hetero) is 1. The van der Waals surface area contributed by atoms with Gasteiger partial charge in [0.1, 0.15) is 5.78 Å². The van der Waals surface area contributed by atoms with Crippen LogP contribution in [0.1, 0.15) is 36.8 Å². The van der Waals surface area contributed by atoms with Crippen molar-refractivity contribution in [3.8, 4) is 0 Å². The smallest absolute Gasteiger partial charge is 0.149 e. The molecular formula is C15H21NO. The van der Waals surface area contributed by atoms with Crippen LogP contribution in [0.2, 0.25) is 0 Å². The Bertz CT molecular complexity index is 400. The van der Waals surface area contributed by atoms with Gasteiger partial charge in [0.05, 0.1) is 6.04 Å². The van der Waals surface area contributed by atoms with Gasteiger partial charge in [0.2, 0.25) is 0 Å². The summed E-state index contributed by atoms with van der Waals surface area (Å²) in [6, 6.07) is 8.67. The predicted octanol–water partition coefficient (Wildman–Crippen LogP) is 2.94. The molecule has 1 aliphatic rings. The van der Waals surface area contributed by atoms with Gasteiger partial charge >= 0.3 is 0 Å². The van der Waals surface area contributed by atoms with E-state index in [1.54, 1.807) is 0 Å². The van der Waals surface area contributed by atoms with E-state index in [1.807, 2.05) is 0 Å². The summed E-state index contributed by atoms with van der Waals surface area (Å²) in [5.74, 6) is 0.423. The maximum Gasteiger partial charge on any atom is 0.149 e. The van der Waals surface area contributed by atoms with Gasteiger partial charge in [0.25, 0.3) is 0 Å². The molecule has 0 heterocycles. The summed E-state index contributed by atoms with van der Waals surface area (Å²) >= 11 is 0. The fourth-order valence-electron chi connectivity index (χ4n) is 2.64. The lowest BCUT2D eigenvalue weighted by Crippen LogP contribution is -2.39. The van der Waals surface area contributed by atoms with Crippen molar-refractivity contribution in [1.29, 1.82) is 0 Å². The van der Waals surface area contributed by atoms with E-state index in [0.29, 0.717) is 5.78 Å². The molecule has 2 heteroatoms. The molecule has 2 nitrogen and oxygen atoms in total. The number of carbonyl (C=O) groups is 1. The molecule has 0 spiro atoms. The maximum absolute atomic E-state index is 11.9. The summed E-state index contributed by atoms with van der Waals surface area (Å²) in [6.07, 6.45) is 4.06. The number of nitrogens with zero attached hydrogens (tertiary/aromatic N) is 1. The first-order chi connectivity index (χ1) is 8.16. The fraction of sp³-hybridized carbons (Fsp3) is 0.533. The largest absolute Gasteiger partial charge is 0.298 e. The van der Waals surface area contributed by atoms with E-state index in [9.17, 15) is 4.79 Å². The third kappa shape index (κ3) is 3.16. The normalized spacial score (nSPS) is 20.9. The Morgan fingerprint density at radius 3 is 2.88 bits per heavy atom. The first-order valence-electron chi connectivity index (χ1n) is 6.45. The second-order valence-corrected chi connectivity index (χ2v) is 5.13. The number of carbonyl (C=O) groups excluding carboxylic acids is 1. The van der Waals surface area contributed by atoms with Gasteiger partial charge in [-0.1, -0.05) is 36.2 Å². The van der Waals surface area contributed by atoms with E-state index in [2.05, 4.69) is 43.1 Å². The number of rotatable bonds is 3. The third-order valence-electron chi connectivity index (χ3n) is 3.57. The molecule has 1 aromatic carbocycles. The van der Waals surface area contributed by atoms with E-state index in [0.717, 1.165) is 25.8 Å². The second kappa shape index (κ2) is 5.46. The topological polar surface area (TPSA) is 20.3 Å². The van der Waals surface area contributed by atoms with E-state index in [-0.39, 0.29) is 6.04 Å². The highest BCUT2D eigenvalue weighted by Crippen LogP contribution is 2.20. The van der Waals surface area contributed by atoms with Gasteiger partial charge in [0.15, 0.2) is 0 Å². The Balaban J connectivity index is 2.00. The molecule has 0 saturated heterocycles. The van der Waals surface area contributed by atoms with Gasteiger partial charge in [0, 0.05) is 13.0 Å².